The van der Waals surface area contributed by atoms with Crippen molar-refractivity contribution >= 4 is 38.5 Å². The fraction of sp³-hybridized carbons (Fsp3) is 0.238. The van der Waals surface area contributed by atoms with Crippen LogP contribution in [0, 0.1) is 0 Å². The van der Waals surface area contributed by atoms with Crippen molar-refractivity contribution < 1.29 is 17.6 Å². The molecule has 0 unspecified atom stereocenters. The number of carbonyl (C=O) groups excluding carboxylic acids is 1. The highest BCUT2D eigenvalue weighted by Gasteiger charge is 2.30. The molecule has 2 aromatic carbocycles. The number of halogens is 1. The second-order valence-electron chi connectivity index (χ2n) is 7.53. The van der Waals surface area contributed by atoms with Crippen LogP contribution in [0.15, 0.2) is 63.9 Å². The number of piperazine rings is 1. The van der Waals surface area contributed by atoms with E-state index in [-0.39, 0.29) is 49.4 Å². The molecule has 1 amide bonds. The van der Waals surface area contributed by atoms with Gasteiger partial charge in [0.05, 0.1) is 4.90 Å². The molecule has 0 spiro atoms. The molecule has 3 heterocycles. The van der Waals surface area contributed by atoms with Gasteiger partial charge in [-0.2, -0.15) is 9.10 Å². The number of para-hydroxylation sites is 1. The third kappa shape index (κ3) is 4.34. The molecule has 0 aliphatic carbocycles. The Morgan fingerprint density at radius 3 is 2.48 bits per heavy atom. The molecular formula is C21H19ClN6O4S. The Hall–Kier alpha value is -3.28. The van der Waals surface area contributed by atoms with Gasteiger partial charge >= 0.3 is 0 Å². The Kier molecular flexibility index (Phi) is 5.60. The molecular weight excluding hydrogens is 468 g/mol. The molecule has 12 heteroatoms. The number of carbonyl (C=O) groups is 1. The van der Waals surface area contributed by atoms with E-state index in [9.17, 15) is 13.2 Å². The summed E-state index contributed by atoms with van der Waals surface area (Å²) in [5.41, 5.74) is 0.714. The fourth-order valence-electron chi connectivity index (χ4n) is 3.66. The van der Waals surface area contributed by atoms with Gasteiger partial charge in [0, 0.05) is 36.6 Å². The summed E-state index contributed by atoms with van der Waals surface area (Å²) in [6.07, 6.45) is 0. The van der Waals surface area contributed by atoms with E-state index in [1.54, 1.807) is 17.0 Å². The molecule has 170 valence electrons. The lowest BCUT2D eigenvalue weighted by molar-refractivity contribution is -0.133. The van der Waals surface area contributed by atoms with Gasteiger partial charge in [0.25, 0.3) is 0 Å². The maximum atomic E-state index is 12.8. The zero-order valence-corrected chi connectivity index (χ0v) is 18.9. The van der Waals surface area contributed by atoms with Crippen LogP contribution in [-0.4, -0.2) is 69.9 Å². The van der Waals surface area contributed by atoms with Gasteiger partial charge in [-0.15, -0.1) is 10.2 Å². The van der Waals surface area contributed by atoms with Crippen LogP contribution < -0.4 is 0 Å². The Balaban J connectivity index is 1.21. The lowest BCUT2D eigenvalue weighted by Crippen LogP contribution is -2.51. The Bertz CT molecular complexity index is 1380. The standard InChI is InChI=1S/C21H19ClN6O4S/c22-16-5-7-17(8-6-16)33(30,31)27-11-9-26(10-12-27)20(29)14-28-24-21(23-25-28)19-13-15-3-1-2-4-18(15)32-19/h1-8,13H,9-12,14H2. The number of hydrogen-bond donors (Lipinski definition) is 0. The summed E-state index contributed by atoms with van der Waals surface area (Å²) in [5, 5.41) is 13.6. The van der Waals surface area contributed by atoms with E-state index in [0.717, 1.165) is 5.39 Å². The molecule has 4 aromatic rings. The minimum atomic E-state index is -3.64. The van der Waals surface area contributed by atoms with Crippen molar-refractivity contribution in [3.63, 3.8) is 0 Å². The average Bonchev–Trinajstić information content (AvgIpc) is 3.46. The van der Waals surface area contributed by atoms with Gasteiger partial charge < -0.3 is 9.32 Å². The number of nitrogens with zero attached hydrogens (tertiary/aromatic N) is 6. The first-order valence-electron chi connectivity index (χ1n) is 10.2. The predicted molar refractivity (Wildman–Crippen MR) is 120 cm³/mol. The molecule has 2 aromatic heterocycles. The molecule has 1 saturated heterocycles. The molecule has 0 atom stereocenters. The summed E-state index contributed by atoms with van der Waals surface area (Å²) in [6, 6.07) is 15.4. The van der Waals surface area contributed by atoms with Gasteiger partial charge in [-0.25, -0.2) is 8.42 Å². The number of hydrogen-bond acceptors (Lipinski definition) is 7. The van der Waals surface area contributed by atoms with Crippen molar-refractivity contribution in [1.82, 2.24) is 29.4 Å². The summed E-state index contributed by atoms with van der Waals surface area (Å²) in [7, 11) is -3.64. The van der Waals surface area contributed by atoms with E-state index < -0.39 is 10.0 Å². The summed E-state index contributed by atoms with van der Waals surface area (Å²) >= 11 is 5.85. The van der Waals surface area contributed by atoms with Crippen molar-refractivity contribution in [2.45, 2.75) is 11.4 Å². The van der Waals surface area contributed by atoms with Crippen LogP contribution in [0.1, 0.15) is 0 Å². The molecule has 0 N–H and O–H groups in total. The lowest BCUT2D eigenvalue weighted by atomic mass is 10.2. The van der Waals surface area contributed by atoms with E-state index in [4.69, 9.17) is 16.0 Å². The second kappa shape index (κ2) is 8.58. The average molecular weight is 487 g/mol. The highest BCUT2D eigenvalue weighted by molar-refractivity contribution is 7.89. The third-order valence-electron chi connectivity index (χ3n) is 5.42. The van der Waals surface area contributed by atoms with Crippen molar-refractivity contribution in [2.75, 3.05) is 26.2 Å². The fourth-order valence-corrected chi connectivity index (χ4v) is 5.20. The third-order valence-corrected chi connectivity index (χ3v) is 7.58. The predicted octanol–water partition coefficient (Wildman–Crippen LogP) is 2.27. The lowest BCUT2D eigenvalue weighted by Gasteiger charge is -2.33. The Morgan fingerprint density at radius 1 is 1.03 bits per heavy atom. The van der Waals surface area contributed by atoms with Crippen LogP contribution in [0.25, 0.3) is 22.6 Å². The molecule has 1 aliphatic rings. The zero-order valence-electron chi connectivity index (χ0n) is 17.3. The van der Waals surface area contributed by atoms with Gasteiger partial charge in [0.2, 0.25) is 21.8 Å². The maximum absolute atomic E-state index is 12.8. The monoisotopic (exact) mass is 486 g/mol. The van der Waals surface area contributed by atoms with Crippen LogP contribution in [-0.2, 0) is 21.4 Å². The molecule has 5 rings (SSSR count). The molecule has 1 fully saturated rings. The number of amides is 1. The number of sulfonamides is 1. The van der Waals surface area contributed by atoms with Gasteiger partial charge in [0.1, 0.15) is 12.1 Å². The summed E-state index contributed by atoms with van der Waals surface area (Å²) < 4.78 is 32.7. The van der Waals surface area contributed by atoms with Crippen LogP contribution in [0.5, 0.6) is 0 Å². The second-order valence-corrected chi connectivity index (χ2v) is 9.91. The molecule has 0 bridgehead atoms. The van der Waals surface area contributed by atoms with E-state index in [1.807, 2.05) is 30.3 Å². The number of tetrazole rings is 1. The van der Waals surface area contributed by atoms with E-state index in [2.05, 4.69) is 15.4 Å². The van der Waals surface area contributed by atoms with Crippen LogP contribution in [0.2, 0.25) is 5.02 Å². The van der Waals surface area contributed by atoms with Crippen molar-refractivity contribution in [1.29, 1.82) is 0 Å². The quantitative estimate of drug-likeness (QED) is 0.425. The van der Waals surface area contributed by atoms with Crippen molar-refractivity contribution in [3.05, 3.63) is 59.6 Å². The van der Waals surface area contributed by atoms with Crippen molar-refractivity contribution in [3.8, 4) is 11.6 Å². The molecule has 0 saturated carbocycles. The molecule has 0 radical (unpaired) electrons. The van der Waals surface area contributed by atoms with E-state index >= 15 is 0 Å². The largest absolute Gasteiger partial charge is 0.453 e. The van der Waals surface area contributed by atoms with Crippen LogP contribution >= 0.6 is 11.6 Å². The summed E-state index contributed by atoms with van der Waals surface area (Å²) in [4.78, 5) is 15.7. The van der Waals surface area contributed by atoms with Crippen LogP contribution in [0.4, 0.5) is 0 Å². The molecule has 10 nitrogen and oxygen atoms in total. The number of aromatic nitrogens is 4. The smallest absolute Gasteiger partial charge is 0.246 e. The first kappa shape index (κ1) is 21.6. The maximum Gasteiger partial charge on any atom is 0.246 e. The first-order valence-corrected chi connectivity index (χ1v) is 12.0. The number of rotatable bonds is 5. The molecule has 33 heavy (non-hydrogen) atoms. The normalized spacial score (nSPS) is 15.2. The van der Waals surface area contributed by atoms with E-state index in [1.165, 1.54) is 21.2 Å². The minimum absolute atomic E-state index is 0.100. The summed E-state index contributed by atoms with van der Waals surface area (Å²) in [6.45, 7) is 0.849. The van der Waals surface area contributed by atoms with Gasteiger partial charge in [-0.05, 0) is 41.6 Å². The number of fused-ring (bicyclic) bond motifs is 1. The van der Waals surface area contributed by atoms with Gasteiger partial charge in [0.15, 0.2) is 5.76 Å². The minimum Gasteiger partial charge on any atom is -0.453 e. The zero-order chi connectivity index (χ0) is 23.0. The SMILES string of the molecule is O=C(Cn1nnc(-c2cc3ccccc3o2)n1)N1CCN(S(=O)(=O)c2ccc(Cl)cc2)CC1. The first-order chi connectivity index (χ1) is 15.9. The topological polar surface area (TPSA) is 114 Å². The van der Waals surface area contributed by atoms with Crippen LogP contribution in [0.3, 0.4) is 0 Å². The Labute approximate surface area is 194 Å². The molecule has 1 aliphatic heterocycles. The number of furan rings is 1. The van der Waals surface area contributed by atoms with Crippen molar-refractivity contribution in [2.24, 2.45) is 0 Å². The van der Waals surface area contributed by atoms with Gasteiger partial charge in [-0.1, -0.05) is 29.8 Å². The highest BCUT2D eigenvalue weighted by Crippen LogP contribution is 2.25. The highest BCUT2D eigenvalue weighted by atomic mass is 35.5. The Morgan fingerprint density at radius 2 is 1.76 bits per heavy atom. The van der Waals surface area contributed by atoms with Gasteiger partial charge in [-0.3, -0.25) is 4.79 Å². The summed E-state index contributed by atoms with van der Waals surface area (Å²) in [5.74, 6) is 0.542. The van der Waals surface area contributed by atoms with E-state index in [0.29, 0.717) is 16.4 Å². The number of benzene rings is 2.